The Balaban J connectivity index is 2.07. The molecule has 19 heavy (non-hydrogen) atoms. The van der Waals surface area contributed by atoms with Gasteiger partial charge in [-0.15, -0.1) is 11.8 Å². The summed E-state index contributed by atoms with van der Waals surface area (Å²) >= 11 is 1.73. The molecule has 1 fully saturated rings. The van der Waals surface area contributed by atoms with E-state index >= 15 is 0 Å². The fourth-order valence-corrected chi connectivity index (χ4v) is 3.60. The van der Waals surface area contributed by atoms with Crippen molar-refractivity contribution in [1.29, 1.82) is 0 Å². The molecule has 4 heteroatoms. The van der Waals surface area contributed by atoms with E-state index in [4.69, 9.17) is 0 Å². The van der Waals surface area contributed by atoms with Crippen LogP contribution in [0.1, 0.15) is 30.3 Å². The summed E-state index contributed by atoms with van der Waals surface area (Å²) in [6.07, 6.45) is 0. The molecule has 1 aromatic carbocycles. The van der Waals surface area contributed by atoms with Gasteiger partial charge in [0, 0.05) is 19.1 Å². The summed E-state index contributed by atoms with van der Waals surface area (Å²) < 4.78 is 0. The second-order valence-corrected chi connectivity index (χ2v) is 6.28. The number of benzene rings is 1. The SMILES string of the molecule is Cc1ccccc1C1SCC(=O)N1CCNC(C)C. The average molecular weight is 278 g/mol. The van der Waals surface area contributed by atoms with E-state index < -0.39 is 0 Å². The van der Waals surface area contributed by atoms with Crippen LogP contribution in [0.2, 0.25) is 0 Å². The molecule has 0 aromatic heterocycles. The molecule has 104 valence electrons. The maximum Gasteiger partial charge on any atom is 0.233 e. The van der Waals surface area contributed by atoms with Crippen LogP contribution in [0.4, 0.5) is 0 Å². The van der Waals surface area contributed by atoms with E-state index in [1.54, 1.807) is 11.8 Å². The van der Waals surface area contributed by atoms with Gasteiger partial charge in [-0.2, -0.15) is 0 Å². The molecule has 0 aliphatic carbocycles. The number of nitrogens with zero attached hydrogens (tertiary/aromatic N) is 1. The predicted molar refractivity (Wildman–Crippen MR) is 81.2 cm³/mol. The minimum atomic E-state index is 0.183. The Morgan fingerprint density at radius 2 is 2.16 bits per heavy atom. The quantitative estimate of drug-likeness (QED) is 0.898. The van der Waals surface area contributed by atoms with Crippen molar-refractivity contribution >= 4 is 17.7 Å². The lowest BCUT2D eigenvalue weighted by molar-refractivity contribution is -0.128. The summed E-state index contributed by atoms with van der Waals surface area (Å²) in [5.41, 5.74) is 2.53. The smallest absolute Gasteiger partial charge is 0.233 e. The van der Waals surface area contributed by atoms with Gasteiger partial charge in [0.05, 0.1) is 5.75 Å². The summed E-state index contributed by atoms with van der Waals surface area (Å²) in [7, 11) is 0. The topological polar surface area (TPSA) is 32.3 Å². The highest BCUT2D eigenvalue weighted by atomic mass is 32.2. The van der Waals surface area contributed by atoms with Gasteiger partial charge in [0.2, 0.25) is 5.91 Å². The maximum atomic E-state index is 12.0. The maximum absolute atomic E-state index is 12.0. The number of carbonyl (C=O) groups excluding carboxylic acids is 1. The second-order valence-electron chi connectivity index (χ2n) is 5.22. The summed E-state index contributed by atoms with van der Waals surface area (Å²) in [5.74, 6) is 0.851. The Morgan fingerprint density at radius 1 is 1.42 bits per heavy atom. The van der Waals surface area contributed by atoms with Gasteiger partial charge in [-0.25, -0.2) is 0 Å². The van der Waals surface area contributed by atoms with Gasteiger partial charge < -0.3 is 10.2 Å². The van der Waals surface area contributed by atoms with Crippen molar-refractivity contribution in [2.24, 2.45) is 0 Å². The molecular formula is C15H22N2OS. The molecule has 1 heterocycles. The highest BCUT2D eigenvalue weighted by molar-refractivity contribution is 8.00. The van der Waals surface area contributed by atoms with Gasteiger partial charge >= 0.3 is 0 Å². The largest absolute Gasteiger partial charge is 0.325 e. The van der Waals surface area contributed by atoms with Crippen molar-refractivity contribution in [2.45, 2.75) is 32.2 Å². The summed E-state index contributed by atoms with van der Waals surface area (Å²) in [6, 6.07) is 8.81. The van der Waals surface area contributed by atoms with Gasteiger partial charge in [-0.1, -0.05) is 38.1 Å². The first kappa shape index (κ1) is 14.4. The number of aryl methyl sites for hydroxylation is 1. The zero-order chi connectivity index (χ0) is 13.8. The van der Waals surface area contributed by atoms with Gasteiger partial charge in [-0.05, 0) is 18.1 Å². The summed E-state index contributed by atoms with van der Waals surface area (Å²) in [4.78, 5) is 14.0. The van der Waals surface area contributed by atoms with Crippen LogP contribution in [0.15, 0.2) is 24.3 Å². The highest BCUT2D eigenvalue weighted by Crippen LogP contribution is 2.39. The molecule has 1 atom stereocenters. The van der Waals surface area contributed by atoms with Crippen LogP contribution < -0.4 is 5.32 Å². The van der Waals surface area contributed by atoms with Crippen LogP contribution >= 0.6 is 11.8 Å². The van der Waals surface area contributed by atoms with Crippen LogP contribution in [-0.4, -0.2) is 35.7 Å². The molecule has 1 N–H and O–H groups in total. The lowest BCUT2D eigenvalue weighted by Gasteiger charge is -2.26. The third-order valence-corrected chi connectivity index (χ3v) is 4.57. The Hall–Kier alpha value is -1.00. The molecule has 3 nitrogen and oxygen atoms in total. The molecule has 0 spiro atoms. The van der Waals surface area contributed by atoms with E-state index in [0.717, 1.165) is 13.1 Å². The molecule has 1 aliphatic rings. The third-order valence-electron chi connectivity index (χ3n) is 3.33. The Morgan fingerprint density at radius 3 is 2.84 bits per heavy atom. The Labute approximate surface area is 119 Å². The van der Waals surface area contributed by atoms with Crippen LogP contribution in [-0.2, 0) is 4.79 Å². The molecule has 0 radical (unpaired) electrons. The number of hydrogen-bond acceptors (Lipinski definition) is 3. The van der Waals surface area contributed by atoms with Crippen molar-refractivity contribution < 1.29 is 4.79 Å². The fourth-order valence-electron chi connectivity index (χ4n) is 2.29. The molecule has 1 aromatic rings. The van der Waals surface area contributed by atoms with E-state index in [1.165, 1.54) is 11.1 Å². The van der Waals surface area contributed by atoms with E-state index in [0.29, 0.717) is 11.8 Å². The molecule has 2 rings (SSSR count). The number of amides is 1. The van der Waals surface area contributed by atoms with Crippen LogP contribution in [0.5, 0.6) is 0 Å². The van der Waals surface area contributed by atoms with Crippen LogP contribution in [0.25, 0.3) is 0 Å². The third kappa shape index (κ3) is 3.51. The second kappa shape index (κ2) is 6.44. The molecule has 1 saturated heterocycles. The molecule has 0 saturated carbocycles. The van der Waals surface area contributed by atoms with Crippen molar-refractivity contribution in [3.63, 3.8) is 0 Å². The predicted octanol–water partition coefficient (Wildman–Crippen LogP) is 2.57. The number of nitrogens with one attached hydrogen (secondary N) is 1. The number of hydrogen-bond donors (Lipinski definition) is 1. The lowest BCUT2D eigenvalue weighted by Crippen LogP contribution is -2.37. The molecular weight excluding hydrogens is 256 g/mol. The normalized spacial score (nSPS) is 19.5. The van der Waals surface area contributed by atoms with Crippen LogP contribution in [0.3, 0.4) is 0 Å². The molecule has 1 aliphatic heterocycles. The Bertz CT molecular complexity index is 448. The van der Waals surface area contributed by atoms with Crippen LogP contribution in [0, 0.1) is 6.92 Å². The highest BCUT2D eigenvalue weighted by Gasteiger charge is 2.32. The van der Waals surface area contributed by atoms with Crippen molar-refractivity contribution in [3.05, 3.63) is 35.4 Å². The first-order valence-electron chi connectivity index (χ1n) is 6.79. The van der Waals surface area contributed by atoms with Crippen molar-refractivity contribution in [1.82, 2.24) is 10.2 Å². The molecule has 1 amide bonds. The van der Waals surface area contributed by atoms with Gasteiger partial charge in [0.25, 0.3) is 0 Å². The summed E-state index contributed by atoms with van der Waals surface area (Å²) in [5, 5.41) is 3.56. The lowest BCUT2D eigenvalue weighted by atomic mass is 10.1. The van der Waals surface area contributed by atoms with E-state index in [-0.39, 0.29) is 11.3 Å². The van der Waals surface area contributed by atoms with Crippen molar-refractivity contribution in [2.75, 3.05) is 18.8 Å². The number of rotatable bonds is 5. The molecule has 1 unspecified atom stereocenters. The van der Waals surface area contributed by atoms with E-state index in [1.807, 2.05) is 11.0 Å². The van der Waals surface area contributed by atoms with Crippen molar-refractivity contribution in [3.8, 4) is 0 Å². The van der Waals surface area contributed by atoms with Gasteiger partial charge in [0.1, 0.15) is 5.37 Å². The van der Waals surface area contributed by atoms with Gasteiger partial charge in [-0.3, -0.25) is 4.79 Å². The van der Waals surface area contributed by atoms with Gasteiger partial charge in [0.15, 0.2) is 0 Å². The monoisotopic (exact) mass is 278 g/mol. The standard InChI is InChI=1S/C15H22N2OS/c1-11(2)16-8-9-17-14(18)10-19-15(17)13-7-5-4-6-12(13)3/h4-7,11,15-16H,8-10H2,1-3H3. The minimum Gasteiger partial charge on any atom is -0.325 e. The van der Waals surface area contributed by atoms with E-state index in [2.05, 4.69) is 44.3 Å². The number of thioether (sulfide) groups is 1. The first-order valence-corrected chi connectivity index (χ1v) is 7.84. The first-order chi connectivity index (χ1) is 9.09. The molecule has 0 bridgehead atoms. The fraction of sp³-hybridized carbons (Fsp3) is 0.533. The Kier molecular flexibility index (Phi) is 4.88. The van der Waals surface area contributed by atoms with E-state index in [9.17, 15) is 4.79 Å². The zero-order valence-electron chi connectivity index (χ0n) is 11.8. The summed E-state index contributed by atoms with van der Waals surface area (Å²) in [6.45, 7) is 8.00. The average Bonchev–Trinajstić information content (AvgIpc) is 2.72. The number of carbonyl (C=O) groups is 1. The minimum absolute atomic E-state index is 0.183. The zero-order valence-corrected chi connectivity index (χ0v) is 12.7.